The Morgan fingerprint density at radius 2 is 2.12 bits per heavy atom. The van der Waals surface area contributed by atoms with Gasteiger partial charge in [-0.2, -0.15) is 0 Å². The quantitative estimate of drug-likeness (QED) is 0.883. The van der Waals surface area contributed by atoms with Gasteiger partial charge >= 0.3 is 0 Å². The smallest absolute Gasteiger partial charge is 0.118 e. The van der Waals surface area contributed by atoms with E-state index in [9.17, 15) is 0 Å². The summed E-state index contributed by atoms with van der Waals surface area (Å²) in [4.78, 5) is 0. The van der Waals surface area contributed by atoms with Crippen LogP contribution in [0.5, 0.6) is 5.75 Å². The molecule has 2 rings (SSSR count). The van der Waals surface area contributed by atoms with Crippen LogP contribution in [0.15, 0.2) is 29.6 Å². The van der Waals surface area contributed by atoms with Gasteiger partial charge in [-0.15, -0.1) is 5.10 Å². The fourth-order valence-corrected chi connectivity index (χ4v) is 2.17. The van der Waals surface area contributed by atoms with E-state index in [1.165, 1.54) is 17.1 Å². The summed E-state index contributed by atoms with van der Waals surface area (Å²) >= 11 is 1.37. The van der Waals surface area contributed by atoms with E-state index in [-0.39, 0.29) is 6.04 Å². The van der Waals surface area contributed by atoms with Crippen molar-refractivity contribution in [3.05, 3.63) is 40.9 Å². The SMILES string of the molecule is CCNC(c1ccc(OC)cc1)c1csnn1. The van der Waals surface area contributed by atoms with Crippen LogP contribution in [0, 0.1) is 0 Å². The maximum absolute atomic E-state index is 5.15. The number of benzene rings is 1. The van der Waals surface area contributed by atoms with Crippen molar-refractivity contribution in [2.24, 2.45) is 0 Å². The van der Waals surface area contributed by atoms with E-state index in [0.29, 0.717) is 0 Å². The Morgan fingerprint density at radius 3 is 2.65 bits per heavy atom. The van der Waals surface area contributed by atoms with Crippen LogP contribution >= 0.6 is 11.5 Å². The number of hydrogen-bond acceptors (Lipinski definition) is 5. The summed E-state index contributed by atoms with van der Waals surface area (Å²) in [6.45, 7) is 2.96. The van der Waals surface area contributed by atoms with Gasteiger partial charge in [0.25, 0.3) is 0 Å². The number of aromatic nitrogens is 2. The van der Waals surface area contributed by atoms with Gasteiger partial charge in [0, 0.05) is 5.38 Å². The van der Waals surface area contributed by atoms with Crippen molar-refractivity contribution in [1.82, 2.24) is 14.9 Å². The van der Waals surface area contributed by atoms with Gasteiger partial charge in [0.15, 0.2) is 0 Å². The standard InChI is InChI=1S/C12H15N3OS/c1-3-13-12(11-8-17-15-14-11)9-4-6-10(16-2)7-5-9/h4-8,12-13H,3H2,1-2H3. The molecule has 1 unspecified atom stereocenters. The van der Waals surface area contributed by atoms with Crippen molar-refractivity contribution in [3.63, 3.8) is 0 Å². The van der Waals surface area contributed by atoms with E-state index < -0.39 is 0 Å². The van der Waals surface area contributed by atoms with Crippen LogP contribution in [-0.4, -0.2) is 23.2 Å². The lowest BCUT2D eigenvalue weighted by atomic mass is 10.0. The molecule has 0 saturated heterocycles. The van der Waals surface area contributed by atoms with Crippen molar-refractivity contribution in [2.45, 2.75) is 13.0 Å². The van der Waals surface area contributed by atoms with Crippen molar-refractivity contribution >= 4 is 11.5 Å². The Kier molecular flexibility index (Phi) is 4.06. The molecule has 0 radical (unpaired) electrons. The second-order valence-corrected chi connectivity index (χ2v) is 4.20. The van der Waals surface area contributed by atoms with Crippen molar-refractivity contribution in [2.75, 3.05) is 13.7 Å². The molecule has 0 bridgehead atoms. The molecule has 4 nitrogen and oxygen atoms in total. The van der Waals surface area contributed by atoms with Gasteiger partial charge in [0.1, 0.15) is 5.75 Å². The second kappa shape index (κ2) is 5.75. The topological polar surface area (TPSA) is 47.0 Å². The minimum atomic E-state index is 0.102. The van der Waals surface area contributed by atoms with Crippen LogP contribution in [0.2, 0.25) is 0 Å². The molecular weight excluding hydrogens is 234 g/mol. The predicted octanol–water partition coefficient (Wildman–Crippen LogP) is 2.25. The number of nitrogens with one attached hydrogen (secondary N) is 1. The zero-order chi connectivity index (χ0) is 12.1. The van der Waals surface area contributed by atoms with Crippen molar-refractivity contribution in [1.29, 1.82) is 0 Å². The van der Waals surface area contributed by atoms with E-state index in [1.54, 1.807) is 7.11 Å². The van der Waals surface area contributed by atoms with Crippen LogP contribution in [0.25, 0.3) is 0 Å². The van der Waals surface area contributed by atoms with E-state index in [2.05, 4.69) is 21.8 Å². The van der Waals surface area contributed by atoms with Gasteiger partial charge in [0.05, 0.1) is 18.8 Å². The highest BCUT2D eigenvalue weighted by Crippen LogP contribution is 2.23. The molecule has 1 atom stereocenters. The average Bonchev–Trinajstić information content (AvgIpc) is 2.90. The molecule has 0 aliphatic carbocycles. The number of methoxy groups -OCH3 is 1. The Labute approximate surface area is 105 Å². The first-order chi connectivity index (χ1) is 8.35. The molecule has 0 fully saturated rings. The van der Waals surface area contributed by atoms with Crippen LogP contribution in [-0.2, 0) is 0 Å². The van der Waals surface area contributed by atoms with Gasteiger partial charge in [-0.25, -0.2) is 0 Å². The Bertz CT molecular complexity index is 441. The molecule has 0 spiro atoms. The summed E-state index contributed by atoms with van der Waals surface area (Å²) in [6.07, 6.45) is 0. The lowest BCUT2D eigenvalue weighted by Crippen LogP contribution is -2.22. The number of rotatable bonds is 5. The van der Waals surface area contributed by atoms with Crippen LogP contribution in [0.1, 0.15) is 24.2 Å². The summed E-state index contributed by atoms with van der Waals surface area (Å²) in [7, 11) is 1.67. The maximum atomic E-state index is 5.15. The van der Waals surface area contributed by atoms with Crippen molar-refractivity contribution in [3.8, 4) is 5.75 Å². The third-order valence-electron chi connectivity index (χ3n) is 2.53. The van der Waals surface area contributed by atoms with E-state index >= 15 is 0 Å². The third kappa shape index (κ3) is 2.81. The highest BCUT2D eigenvalue weighted by molar-refractivity contribution is 7.03. The van der Waals surface area contributed by atoms with Crippen molar-refractivity contribution < 1.29 is 4.74 Å². The highest BCUT2D eigenvalue weighted by Gasteiger charge is 2.15. The first kappa shape index (κ1) is 12.0. The first-order valence-electron chi connectivity index (χ1n) is 5.49. The van der Waals surface area contributed by atoms with Crippen LogP contribution < -0.4 is 10.1 Å². The molecule has 0 aliphatic rings. The molecule has 2 aromatic rings. The fraction of sp³-hybridized carbons (Fsp3) is 0.333. The minimum Gasteiger partial charge on any atom is -0.497 e. The molecule has 0 saturated carbocycles. The summed E-state index contributed by atoms with van der Waals surface area (Å²) in [5.74, 6) is 0.861. The molecule has 5 heteroatoms. The van der Waals surface area contributed by atoms with E-state index in [1.807, 2.05) is 29.6 Å². The maximum Gasteiger partial charge on any atom is 0.118 e. The first-order valence-corrected chi connectivity index (χ1v) is 6.33. The lowest BCUT2D eigenvalue weighted by Gasteiger charge is -2.15. The van der Waals surface area contributed by atoms with Gasteiger partial charge in [0.2, 0.25) is 0 Å². The predicted molar refractivity (Wildman–Crippen MR) is 68.4 cm³/mol. The molecule has 0 aliphatic heterocycles. The van der Waals surface area contributed by atoms with E-state index in [0.717, 1.165) is 18.0 Å². The summed E-state index contributed by atoms with van der Waals surface area (Å²) < 4.78 is 9.06. The lowest BCUT2D eigenvalue weighted by molar-refractivity contribution is 0.414. The fourth-order valence-electron chi connectivity index (χ4n) is 1.69. The molecule has 1 aromatic heterocycles. The average molecular weight is 249 g/mol. The molecular formula is C12H15N3OS. The van der Waals surface area contributed by atoms with Gasteiger partial charge in [-0.1, -0.05) is 23.5 Å². The van der Waals surface area contributed by atoms with E-state index in [4.69, 9.17) is 4.74 Å². The molecule has 1 aromatic carbocycles. The monoisotopic (exact) mass is 249 g/mol. The molecule has 0 amide bonds. The number of ether oxygens (including phenoxy) is 1. The highest BCUT2D eigenvalue weighted by atomic mass is 32.1. The zero-order valence-corrected chi connectivity index (χ0v) is 10.7. The molecule has 17 heavy (non-hydrogen) atoms. The largest absolute Gasteiger partial charge is 0.497 e. The molecule has 1 heterocycles. The summed E-state index contributed by atoms with van der Waals surface area (Å²) in [5.41, 5.74) is 2.13. The van der Waals surface area contributed by atoms with Crippen LogP contribution in [0.4, 0.5) is 0 Å². The normalized spacial score (nSPS) is 12.4. The Balaban J connectivity index is 2.26. The van der Waals surface area contributed by atoms with Crippen LogP contribution in [0.3, 0.4) is 0 Å². The van der Waals surface area contributed by atoms with Gasteiger partial charge in [-0.05, 0) is 35.8 Å². The summed E-state index contributed by atoms with van der Waals surface area (Å²) in [5, 5.41) is 9.50. The zero-order valence-electron chi connectivity index (χ0n) is 9.88. The molecule has 1 N–H and O–H groups in total. The second-order valence-electron chi connectivity index (χ2n) is 3.59. The molecule has 90 valence electrons. The Morgan fingerprint density at radius 1 is 1.35 bits per heavy atom. The van der Waals surface area contributed by atoms with Gasteiger partial charge < -0.3 is 10.1 Å². The van der Waals surface area contributed by atoms with Gasteiger partial charge in [-0.3, -0.25) is 0 Å². The third-order valence-corrected chi connectivity index (χ3v) is 3.05. The number of hydrogen-bond donors (Lipinski definition) is 1. The Hall–Kier alpha value is -1.46. The summed E-state index contributed by atoms with van der Waals surface area (Å²) in [6, 6.07) is 8.11. The number of nitrogens with zero attached hydrogens (tertiary/aromatic N) is 2. The minimum absolute atomic E-state index is 0.102.